The molecule has 0 aromatic heterocycles. The van der Waals surface area contributed by atoms with Crippen LogP contribution in [-0.2, 0) is 0 Å². The van der Waals surface area contributed by atoms with Gasteiger partial charge in [-0.25, -0.2) is 0 Å². The molecule has 2 aromatic carbocycles. The maximum absolute atomic E-state index is 10.7. The Kier molecular flexibility index (Phi) is 5.17. The van der Waals surface area contributed by atoms with Crippen LogP contribution in [0.25, 0.3) is 0 Å². The molecule has 5 heteroatoms. The van der Waals surface area contributed by atoms with E-state index in [1.165, 1.54) is 0 Å². The number of aryl methyl sites for hydroxylation is 1. The summed E-state index contributed by atoms with van der Waals surface area (Å²) in [4.78, 5) is 2.28. The lowest BCUT2D eigenvalue weighted by Gasteiger charge is -2.46. The third-order valence-corrected chi connectivity index (χ3v) is 6.33. The molecule has 0 saturated carbocycles. The predicted molar refractivity (Wildman–Crippen MR) is 106 cm³/mol. The van der Waals surface area contributed by atoms with Crippen LogP contribution in [0.1, 0.15) is 48.2 Å². The van der Waals surface area contributed by atoms with Gasteiger partial charge < -0.3 is 19.8 Å². The SMILES string of the molecule is Cc1cc2c(cc1Cl)[C@@H](O)CC1(CCN(C[C@H](O)c3ccccc3)CC1)O2. The molecule has 2 heterocycles. The number of aliphatic hydroxyl groups excluding tert-OH is 2. The molecule has 0 aliphatic carbocycles. The molecule has 1 saturated heterocycles. The highest BCUT2D eigenvalue weighted by atomic mass is 35.5. The van der Waals surface area contributed by atoms with Crippen molar-refractivity contribution >= 4 is 11.6 Å². The van der Waals surface area contributed by atoms with Gasteiger partial charge >= 0.3 is 0 Å². The number of halogens is 1. The number of rotatable bonds is 3. The Hall–Kier alpha value is -1.59. The molecule has 4 rings (SSSR count). The quantitative estimate of drug-likeness (QED) is 0.834. The Balaban J connectivity index is 1.42. The van der Waals surface area contributed by atoms with Gasteiger partial charge in [0.1, 0.15) is 11.4 Å². The minimum atomic E-state index is -0.548. The Morgan fingerprint density at radius 3 is 2.63 bits per heavy atom. The number of β-amino-alcohol motifs (C(OH)–C–C–N with tert-alkyl or cyclic N) is 1. The molecular formula is C22H26ClNO3. The molecule has 0 bridgehead atoms. The van der Waals surface area contributed by atoms with Gasteiger partial charge in [-0.1, -0.05) is 41.9 Å². The summed E-state index contributed by atoms with van der Waals surface area (Å²) >= 11 is 6.21. The van der Waals surface area contributed by atoms with Crippen molar-refractivity contribution in [1.29, 1.82) is 0 Å². The average Bonchev–Trinajstić information content (AvgIpc) is 2.66. The van der Waals surface area contributed by atoms with Crippen LogP contribution < -0.4 is 4.74 Å². The monoisotopic (exact) mass is 387 g/mol. The highest BCUT2D eigenvalue weighted by molar-refractivity contribution is 6.31. The van der Waals surface area contributed by atoms with Crippen molar-refractivity contribution in [3.8, 4) is 5.75 Å². The van der Waals surface area contributed by atoms with E-state index in [0.29, 0.717) is 18.0 Å². The topological polar surface area (TPSA) is 52.9 Å². The van der Waals surface area contributed by atoms with Crippen LogP contribution in [0.15, 0.2) is 42.5 Å². The van der Waals surface area contributed by atoms with Gasteiger partial charge in [0.15, 0.2) is 0 Å². The third kappa shape index (κ3) is 3.85. The van der Waals surface area contributed by atoms with E-state index in [1.54, 1.807) is 0 Å². The number of aliphatic hydroxyl groups is 2. The maximum atomic E-state index is 10.7. The van der Waals surface area contributed by atoms with Crippen molar-refractivity contribution in [2.75, 3.05) is 19.6 Å². The van der Waals surface area contributed by atoms with E-state index in [1.807, 2.05) is 49.4 Å². The van der Waals surface area contributed by atoms with Crippen molar-refractivity contribution in [3.05, 3.63) is 64.2 Å². The number of fused-ring (bicyclic) bond motifs is 1. The van der Waals surface area contributed by atoms with Crippen LogP contribution in [-0.4, -0.2) is 40.3 Å². The number of hydrogen-bond donors (Lipinski definition) is 2. The Morgan fingerprint density at radius 2 is 1.93 bits per heavy atom. The summed E-state index contributed by atoms with van der Waals surface area (Å²) in [7, 11) is 0. The standard InChI is InChI=1S/C22H26ClNO3/c1-15-11-21-17(12-18(15)23)19(25)13-22(27-21)7-9-24(10-8-22)14-20(26)16-5-3-2-4-6-16/h2-6,11-12,19-20,25-26H,7-10,13-14H2,1H3/t19-,20-/m0/s1. The lowest BCUT2D eigenvalue weighted by atomic mass is 9.81. The van der Waals surface area contributed by atoms with E-state index < -0.39 is 12.2 Å². The first-order chi connectivity index (χ1) is 13.0. The minimum Gasteiger partial charge on any atom is -0.487 e. The van der Waals surface area contributed by atoms with Crippen molar-refractivity contribution < 1.29 is 14.9 Å². The second-order valence-electron chi connectivity index (χ2n) is 7.87. The highest BCUT2D eigenvalue weighted by Crippen LogP contribution is 2.45. The Morgan fingerprint density at radius 1 is 1.22 bits per heavy atom. The molecule has 2 N–H and O–H groups in total. The zero-order chi connectivity index (χ0) is 19.0. The minimum absolute atomic E-state index is 0.332. The molecule has 2 aromatic rings. The van der Waals surface area contributed by atoms with Gasteiger partial charge in [-0.15, -0.1) is 0 Å². The number of ether oxygens (including phenoxy) is 1. The molecule has 0 unspecified atom stereocenters. The lowest BCUT2D eigenvalue weighted by Crippen LogP contribution is -2.51. The fourth-order valence-corrected chi connectivity index (χ4v) is 4.40. The van der Waals surface area contributed by atoms with Crippen molar-refractivity contribution in [2.45, 2.75) is 44.0 Å². The van der Waals surface area contributed by atoms with Crippen molar-refractivity contribution in [1.82, 2.24) is 4.90 Å². The van der Waals surface area contributed by atoms with Gasteiger partial charge in [0.2, 0.25) is 0 Å². The smallest absolute Gasteiger partial charge is 0.126 e. The van der Waals surface area contributed by atoms with Crippen molar-refractivity contribution in [3.63, 3.8) is 0 Å². The summed E-state index contributed by atoms with van der Waals surface area (Å²) < 4.78 is 6.40. The lowest BCUT2D eigenvalue weighted by molar-refractivity contribution is -0.0588. The number of benzene rings is 2. The molecule has 4 nitrogen and oxygen atoms in total. The summed E-state index contributed by atoms with van der Waals surface area (Å²) in [5.74, 6) is 0.758. The van der Waals surface area contributed by atoms with Gasteiger partial charge in [-0.3, -0.25) is 0 Å². The first kappa shape index (κ1) is 18.8. The molecule has 2 aliphatic rings. The van der Waals surface area contributed by atoms with E-state index in [2.05, 4.69) is 4.90 Å². The second-order valence-corrected chi connectivity index (χ2v) is 8.28. The molecule has 2 aliphatic heterocycles. The van der Waals surface area contributed by atoms with Crippen LogP contribution in [0.3, 0.4) is 0 Å². The van der Waals surface area contributed by atoms with E-state index >= 15 is 0 Å². The van der Waals surface area contributed by atoms with Gasteiger partial charge in [0.25, 0.3) is 0 Å². The largest absolute Gasteiger partial charge is 0.487 e. The van der Waals surface area contributed by atoms with Gasteiger partial charge in [-0.05, 0) is 43.0 Å². The molecular weight excluding hydrogens is 362 g/mol. The molecule has 27 heavy (non-hydrogen) atoms. The fourth-order valence-electron chi connectivity index (χ4n) is 4.23. The number of nitrogens with zero attached hydrogens (tertiary/aromatic N) is 1. The van der Waals surface area contributed by atoms with Crippen LogP contribution in [0, 0.1) is 6.92 Å². The number of piperidine rings is 1. The molecule has 1 spiro atoms. The third-order valence-electron chi connectivity index (χ3n) is 5.92. The first-order valence-corrected chi connectivity index (χ1v) is 9.96. The van der Waals surface area contributed by atoms with Gasteiger partial charge in [0.05, 0.1) is 12.2 Å². The zero-order valence-electron chi connectivity index (χ0n) is 15.6. The predicted octanol–water partition coefficient (Wildman–Crippen LogP) is 4.03. The molecule has 2 atom stereocenters. The number of likely N-dealkylation sites (tertiary alicyclic amines) is 1. The Labute approximate surface area is 165 Å². The number of hydrogen-bond acceptors (Lipinski definition) is 4. The summed E-state index contributed by atoms with van der Waals surface area (Å²) in [6.07, 6.45) is 1.24. The summed E-state index contributed by atoms with van der Waals surface area (Å²) in [6, 6.07) is 13.5. The molecule has 144 valence electrons. The fraction of sp³-hybridized carbons (Fsp3) is 0.455. The van der Waals surface area contributed by atoms with Crippen LogP contribution in [0.2, 0.25) is 5.02 Å². The summed E-state index contributed by atoms with van der Waals surface area (Å²) in [6.45, 7) is 4.26. The Bertz CT molecular complexity index is 803. The first-order valence-electron chi connectivity index (χ1n) is 9.58. The van der Waals surface area contributed by atoms with Gasteiger partial charge in [-0.2, -0.15) is 0 Å². The van der Waals surface area contributed by atoms with E-state index in [4.69, 9.17) is 16.3 Å². The highest BCUT2D eigenvalue weighted by Gasteiger charge is 2.43. The molecule has 0 radical (unpaired) electrons. The average molecular weight is 388 g/mol. The van der Waals surface area contributed by atoms with Gasteiger partial charge in [0, 0.05) is 36.6 Å². The van der Waals surface area contributed by atoms with E-state index in [-0.39, 0.29) is 5.60 Å². The normalized spacial score (nSPS) is 22.9. The van der Waals surface area contributed by atoms with Crippen LogP contribution in [0.5, 0.6) is 5.75 Å². The van der Waals surface area contributed by atoms with Crippen molar-refractivity contribution in [2.24, 2.45) is 0 Å². The summed E-state index contributed by atoms with van der Waals surface area (Å²) in [5.41, 5.74) is 2.37. The zero-order valence-corrected chi connectivity index (χ0v) is 16.3. The molecule has 0 amide bonds. The van der Waals surface area contributed by atoms with E-state index in [0.717, 1.165) is 48.4 Å². The maximum Gasteiger partial charge on any atom is 0.126 e. The van der Waals surface area contributed by atoms with Crippen LogP contribution in [0.4, 0.5) is 0 Å². The summed E-state index contributed by atoms with van der Waals surface area (Å²) in [5, 5.41) is 21.8. The van der Waals surface area contributed by atoms with E-state index in [9.17, 15) is 10.2 Å². The second kappa shape index (κ2) is 7.44. The van der Waals surface area contributed by atoms with Crippen LogP contribution >= 0.6 is 11.6 Å². The molecule has 1 fully saturated rings.